The van der Waals surface area contributed by atoms with Crippen molar-refractivity contribution in [3.05, 3.63) is 53.6 Å². The van der Waals surface area contributed by atoms with Gasteiger partial charge in [0.1, 0.15) is 0 Å². The summed E-state index contributed by atoms with van der Waals surface area (Å²) in [4.78, 5) is 2.29. The number of hydrogen-bond donors (Lipinski definition) is 1. The zero-order valence-corrected chi connectivity index (χ0v) is 15.8. The van der Waals surface area contributed by atoms with Crippen LogP contribution < -0.4 is 19.9 Å². The quantitative estimate of drug-likeness (QED) is 0.739. The highest BCUT2D eigenvalue weighted by Crippen LogP contribution is 2.40. The zero-order valence-electron chi connectivity index (χ0n) is 15.0. The van der Waals surface area contributed by atoms with E-state index in [2.05, 4.69) is 17.0 Å². The van der Waals surface area contributed by atoms with Gasteiger partial charge in [0, 0.05) is 31.7 Å². The molecule has 0 aliphatic rings. The summed E-state index contributed by atoms with van der Waals surface area (Å²) in [6, 6.07) is 14.3. The second kappa shape index (κ2) is 10.8. The Morgan fingerprint density at radius 1 is 0.840 bits per heavy atom. The maximum Gasteiger partial charge on any atom is 0.203 e. The van der Waals surface area contributed by atoms with Crippen molar-refractivity contribution in [3.63, 3.8) is 0 Å². The van der Waals surface area contributed by atoms with Crippen LogP contribution >= 0.6 is 12.4 Å². The minimum Gasteiger partial charge on any atom is -0.493 e. The molecule has 138 valence electrons. The van der Waals surface area contributed by atoms with Gasteiger partial charge in [0.05, 0.1) is 21.3 Å². The van der Waals surface area contributed by atoms with Gasteiger partial charge in [-0.2, -0.15) is 0 Å². The van der Waals surface area contributed by atoms with E-state index in [0.717, 1.165) is 25.2 Å². The van der Waals surface area contributed by atoms with Crippen LogP contribution in [0.1, 0.15) is 11.1 Å². The van der Waals surface area contributed by atoms with Crippen LogP contribution in [-0.4, -0.2) is 39.3 Å². The summed E-state index contributed by atoms with van der Waals surface area (Å²) in [5, 5.41) is 0. The number of ether oxygens (including phenoxy) is 3. The summed E-state index contributed by atoms with van der Waals surface area (Å²) >= 11 is 0. The van der Waals surface area contributed by atoms with Crippen molar-refractivity contribution in [2.24, 2.45) is 5.73 Å². The van der Waals surface area contributed by atoms with Gasteiger partial charge in [0.25, 0.3) is 0 Å². The van der Waals surface area contributed by atoms with Gasteiger partial charge in [-0.15, -0.1) is 12.4 Å². The van der Waals surface area contributed by atoms with E-state index in [1.807, 2.05) is 30.3 Å². The van der Waals surface area contributed by atoms with Crippen molar-refractivity contribution in [1.82, 2.24) is 4.90 Å². The average molecular weight is 367 g/mol. The molecular formula is C19H27ClN2O3. The maximum atomic E-state index is 5.79. The Bertz CT molecular complexity index is 638. The minimum atomic E-state index is 0. The molecule has 0 amide bonds. The summed E-state index contributed by atoms with van der Waals surface area (Å²) < 4.78 is 16.4. The van der Waals surface area contributed by atoms with E-state index in [-0.39, 0.29) is 12.4 Å². The first-order valence-electron chi connectivity index (χ1n) is 7.97. The van der Waals surface area contributed by atoms with E-state index in [1.165, 1.54) is 5.56 Å². The lowest BCUT2D eigenvalue weighted by molar-refractivity contribution is 0.256. The van der Waals surface area contributed by atoms with Gasteiger partial charge in [-0.3, -0.25) is 4.90 Å². The molecule has 0 atom stereocenters. The molecule has 0 fully saturated rings. The molecule has 0 unspecified atom stereocenters. The van der Waals surface area contributed by atoms with E-state index in [1.54, 1.807) is 21.3 Å². The molecule has 25 heavy (non-hydrogen) atoms. The first kappa shape index (κ1) is 21.1. The molecule has 0 saturated heterocycles. The monoisotopic (exact) mass is 366 g/mol. The Balaban J connectivity index is 0.00000312. The summed E-state index contributed by atoms with van der Waals surface area (Å²) in [6.45, 7) is 2.94. The zero-order chi connectivity index (χ0) is 17.4. The fourth-order valence-electron chi connectivity index (χ4n) is 2.77. The fourth-order valence-corrected chi connectivity index (χ4v) is 2.77. The summed E-state index contributed by atoms with van der Waals surface area (Å²) in [6.07, 6.45) is 0. The molecule has 2 aromatic carbocycles. The Morgan fingerprint density at radius 2 is 1.52 bits per heavy atom. The topological polar surface area (TPSA) is 57.0 Å². The molecule has 2 aromatic rings. The van der Waals surface area contributed by atoms with E-state index >= 15 is 0 Å². The molecule has 0 radical (unpaired) electrons. The van der Waals surface area contributed by atoms with E-state index in [0.29, 0.717) is 23.8 Å². The van der Waals surface area contributed by atoms with Crippen LogP contribution in [0.25, 0.3) is 0 Å². The number of nitrogens with two attached hydrogens (primary N) is 1. The normalized spacial score (nSPS) is 10.3. The molecule has 6 heteroatoms. The van der Waals surface area contributed by atoms with Gasteiger partial charge in [-0.05, 0) is 11.6 Å². The molecular weight excluding hydrogens is 340 g/mol. The van der Waals surface area contributed by atoms with Crippen molar-refractivity contribution in [3.8, 4) is 17.2 Å². The second-order valence-electron chi connectivity index (χ2n) is 5.48. The molecule has 0 aliphatic heterocycles. The van der Waals surface area contributed by atoms with Gasteiger partial charge in [-0.1, -0.05) is 36.4 Å². The summed E-state index contributed by atoms with van der Waals surface area (Å²) in [5.74, 6) is 1.98. The Kier molecular flexibility index (Phi) is 9.13. The van der Waals surface area contributed by atoms with Crippen LogP contribution in [0.15, 0.2) is 42.5 Å². The number of methoxy groups -OCH3 is 3. The number of benzene rings is 2. The number of hydrogen-bond acceptors (Lipinski definition) is 5. The van der Waals surface area contributed by atoms with E-state index in [9.17, 15) is 0 Å². The van der Waals surface area contributed by atoms with Crippen LogP contribution in [0.3, 0.4) is 0 Å². The lowest BCUT2D eigenvalue weighted by Crippen LogP contribution is -2.29. The Hall–Kier alpha value is -1.95. The van der Waals surface area contributed by atoms with Crippen molar-refractivity contribution in [2.45, 2.75) is 13.1 Å². The Labute approximate surface area is 156 Å². The number of nitrogens with zero attached hydrogens (tertiary/aromatic N) is 1. The van der Waals surface area contributed by atoms with Crippen LogP contribution in [-0.2, 0) is 13.1 Å². The predicted octanol–water partition coefficient (Wildman–Crippen LogP) is 3.10. The highest BCUT2D eigenvalue weighted by Gasteiger charge is 2.17. The maximum absolute atomic E-state index is 5.79. The third kappa shape index (κ3) is 5.53. The summed E-state index contributed by atoms with van der Waals surface area (Å²) in [7, 11) is 4.88. The highest BCUT2D eigenvalue weighted by atomic mass is 35.5. The highest BCUT2D eigenvalue weighted by molar-refractivity contribution is 5.85. The molecule has 0 heterocycles. The first-order chi connectivity index (χ1) is 11.7. The van der Waals surface area contributed by atoms with Gasteiger partial charge in [-0.25, -0.2) is 0 Å². The molecule has 0 spiro atoms. The predicted molar refractivity (Wildman–Crippen MR) is 103 cm³/mol. The average Bonchev–Trinajstić information content (AvgIpc) is 2.62. The van der Waals surface area contributed by atoms with Gasteiger partial charge >= 0.3 is 0 Å². The SMILES string of the molecule is COc1ccc(CN(CCN)Cc2ccccc2)c(OC)c1OC.Cl. The lowest BCUT2D eigenvalue weighted by atomic mass is 10.1. The number of rotatable bonds is 9. The third-order valence-electron chi connectivity index (χ3n) is 3.87. The van der Waals surface area contributed by atoms with Gasteiger partial charge < -0.3 is 19.9 Å². The van der Waals surface area contributed by atoms with E-state index < -0.39 is 0 Å². The molecule has 2 N–H and O–H groups in total. The first-order valence-corrected chi connectivity index (χ1v) is 7.97. The molecule has 0 aliphatic carbocycles. The van der Waals surface area contributed by atoms with Gasteiger partial charge in [0.15, 0.2) is 11.5 Å². The minimum absolute atomic E-state index is 0. The largest absolute Gasteiger partial charge is 0.493 e. The smallest absolute Gasteiger partial charge is 0.203 e. The van der Waals surface area contributed by atoms with Crippen LogP contribution in [0.5, 0.6) is 17.2 Å². The fraction of sp³-hybridized carbons (Fsp3) is 0.368. The molecule has 0 saturated carbocycles. The van der Waals surface area contributed by atoms with Crippen molar-refractivity contribution >= 4 is 12.4 Å². The standard InChI is InChI=1S/C19H26N2O3.ClH/c1-22-17-10-9-16(18(23-2)19(17)24-3)14-21(12-11-20)13-15-7-5-4-6-8-15;/h4-10H,11-14,20H2,1-3H3;1H. The summed E-state index contributed by atoms with van der Waals surface area (Å²) in [5.41, 5.74) is 8.09. The third-order valence-corrected chi connectivity index (χ3v) is 3.87. The second-order valence-corrected chi connectivity index (χ2v) is 5.48. The van der Waals surface area contributed by atoms with Crippen LogP contribution in [0, 0.1) is 0 Å². The molecule has 5 nitrogen and oxygen atoms in total. The Morgan fingerprint density at radius 3 is 2.08 bits per heavy atom. The van der Waals surface area contributed by atoms with Crippen LogP contribution in [0.4, 0.5) is 0 Å². The molecule has 2 rings (SSSR count). The van der Waals surface area contributed by atoms with Crippen LogP contribution in [0.2, 0.25) is 0 Å². The van der Waals surface area contributed by atoms with Gasteiger partial charge in [0.2, 0.25) is 5.75 Å². The van der Waals surface area contributed by atoms with Crippen molar-refractivity contribution in [1.29, 1.82) is 0 Å². The molecule has 0 aromatic heterocycles. The van der Waals surface area contributed by atoms with Crippen molar-refractivity contribution < 1.29 is 14.2 Å². The lowest BCUT2D eigenvalue weighted by Gasteiger charge is -2.24. The number of halogens is 1. The van der Waals surface area contributed by atoms with E-state index in [4.69, 9.17) is 19.9 Å². The molecule has 0 bridgehead atoms. The van der Waals surface area contributed by atoms with Crippen molar-refractivity contribution in [2.75, 3.05) is 34.4 Å².